The van der Waals surface area contributed by atoms with Crippen LogP contribution >= 0.6 is 0 Å². The number of hydrogen-bond acceptors (Lipinski definition) is 5. The third-order valence-corrected chi connectivity index (χ3v) is 4.76. The molecular weight excluding hydrogens is 401 g/mol. The van der Waals surface area contributed by atoms with Gasteiger partial charge >= 0.3 is 0 Å². The number of nitrogens with one attached hydrogen (secondary N) is 1. The molecule has 0 radical (unpaired) electrons. The van der Waals surface area contributed by atoms with E-state index in [1.165, 1.54) is 44.6 Å². The standard InChI is InChI=1S/C24H18FNO5/c1-29-21-9-5-15(11-23(21)30-2)24(28)26-17-8-10-20-18(12-17)19(27)13-22(31-20)14-3-6-16(25)7-4-14/h3-13H,1-2H3,(H,26,28). The molecule has 0 unspecified atom stereocenters. The lowest BCUT2D eigenvalue weighted by Crippen LogP contribution is -2.12. The number of fused-ring (bicyclic) bond motifs is 1. The molecule has 0 bridgehead atoms. The molecule has 1 aromatic heterocycles. The third-order valence-electron chi connectivity index (χ3n) is 4.76. The minimum Gasteiger partial charge on any atom is -0.493 e. The Hall–Kier alpha value is -4.13. The first kappa shape index (κ1) is 20.2. The van der Waals surface area contributed by atoms with Crippen LogP contribution in [-0.4, -0.2) is 20.1 Å². The van der Waals surface area contributed by atoms with Crippen LogP contribution < -0.4 is 20.2 Å². The number of amides is 1. The lowest BCUT2D eigenvalue weighted by Gasteiger charge is -2.10. The van der Waals surface area contributed by atoms with Gasteiger partial charge in [0.1, 0.15) is 17.2 Å². The Labute approximate surface area is 176 Å². The molecule has 3 aromatic carbocycles. The van der Waals surface area contributed by atoms with Crippen LogP contribution in [-0.2, 0) is 0 Å². The molecule has 0 aliphatic carbocycles. The second-order valence-corrected chi connectivity index (χ2v) is 6.72. The highest BCUT2D eigenvalue weighted by Crippen LogP contribution is 2.28. The molecular formula is C24H18FNO5. The number of carbonyl (C=O) groups is 1. The Morgan fingerprint density at radius 1 is 0.903 bits per heavy atom. The molecule has 0 atom stereocenters. The normalized spacial score (nSPS) is 10.7. The Morgan fingerprint density at radius 3 is 2.35 bits per heavy atom. The molecule has 1 amide bonds. The average Bonchev–Trinajstić information content (AvgIpc) is 2.79. The van der Waals surface area contributed by atoms with E-state index in [9.17, 15) is 14.0 Å². The summed E-state index contributed by atoms with van der Waals surface area (Å²) in [5.74, 6) is 0.538. The maximum atomic E-state index is 13.1. The van der Waals surface area contributed by atoms with Crippen molar-refractivity contribution in [3.05, 3.63) is 88.3 Å². The van der Waals surface area contributed by atoms with Gasteiger partial charge in [-0.3, -0.25) is 9.59 Å². The molecule has 0 aliphatic rings. The fourth-order valence-electron chi connectivity index (χ4n) is 3.17. The van der Waals surface area contributed by atoms with Crippen molar-refractivity contribution in [1.82, 2.24) is 0 Å². The van der Waals surface area contributed by atoms with Crippen LogP contribution in [0.3, 0.4) is 0 Å². The van der Waals surface area contributed by atoms with Crippen LogP contribution in [0.1, 0.15) is 10.4 Å². The summed E-state index contributed by atoms with van der Waals surface area (Å²) in [7, 11) is 3.00. The predicted octanol–water partition coefficient (Wildman–Crippen LogP) is 4.87. The zero-order valence-electron chi connectivity index (χ0n) is 16.8. The Balaban J connectivity index is 1.63. The SMILES string of the molecule is COc1ccc(C(=O)Nc2ccc3oc(-c4ccc(F)cc4)cc(=O)c3c2)cc1OC. The molecule has 0 fully saturated rings. The average molecular weight is 419 g/mol. The molecule has 7 heteroatoms. The van der Waals surface area contributed by atoms with Gasteiger partial charge in [0.25, 0.3) is 5.91 Å². The van der Waals surface area contributed by atoms with Crippen LogP contribution in [0.15, 0.2) is 75.9 Å². The third kappa shape index (κ3) is 4.11. The number of methoxy groups -OCH3 is 2. The van der Waals surface area contributed by atoms with E-state index in [-0.39, 0.29) is 17.2 Å². The van der Waals surface area contributed by atoms with E-state index in [4.69, 9.17) is 13.9 Å². The number of rotatable bonds is 5. The van der Waals surface area contributed by atoms with Gasteiger partial charge in [-0.25, -0.2) is 4.39 Å². The van der Waals surface area contributed by atoms with E-state index in [1.807, 2.05) is 0 Å². The van der Waals surface area contributed by atoms with Crippen molar-refractivity contribution in [2.24, 2.45) is 0 Å². The Morgan fingerprint density at radius 2 is 1.65 bits per heavy atom. The zero-order valence-corrected chi connectivity index (χ0v) is 16.8. The van der Waals surface area contributed by atoms with E-state index in [0.717, 1.165) is 0 Å². The number of hydrogen-bond donors (Lipinski definition) is 1. The molecule has 0 aliphatic heterocycles. The van der Waals surface area contributed by atoms with E-state index in [2.05, 4.69) is 5.32 Å². The molecule has 0 saturated carbocycles. The summed E-state index contributed by atoms with van der Waals surface area (Å²) in [6.07, 6.45) is 0. The molecule has 156 valence electrons. The van der Waals surface area contributed by atoms with Gasteiger partial charge in [0.15, 0.2) is 16.9 Å². The van der Waals surface area contributed by atoms with E-state index in [0.29, 0.717) is 45.0 Å². The van der Waals surface area contributed by atoms with Gasteiger partial charge in [-0.15, -0.1) is 0 Å². The van der Waals surface area contributed by atoms with Gasteiger partial charge < -0.3 is 19.2 Å². The van der Waals surface area contributed by atoms with Crippen molar-refractivity contribution in [1.29, 1.82) is 0 Å². The quantitative estimate of drug-likeness (QED) is 0.499. The van der Waals surface area contributed by atoms with Crippen LogP contribution in [0.5, 0.6) is 11.5 Å². The predicted molar refractivity (Wildman–Crippen MR) is 115 cm³/mol. The summed E-state index contributed by atoms with van der Waals surface area (Å²) < 4.78 is 29.4. The summed E-state index contributed by atoms with van der Waals surface area (Å²) in [5.41, 5.74) is 1.48. The maximum absolute atomic E-state index is 13.1. The molecule has 0 saturated heterocycles. The minimum atomic E-state index is -0.373. The minimum absolute atomic E-state index is 0.275. The molecule has 4 aromatic rings. The van der Waals surface area contributed by atoms with Crippen LogP contribution in [0.2, 0.25) is 0 Å². The summed E-state index contributed by atoms with van der Waals surface area (Å²) in [5, 5.41) is 3.08. The summed E-state index contributed by atoms with van der Waals surface area (Å²) in [4.78, 5) is 25.3. The first-order valence-corrected chi connectivity index (χ1v) is 9.36. The zero-order chi connectivity index (χ0) is 22.0. The van der Waals surface area contributed by atoms with E-state index in [1.54, 1.807) is 36.4 Å². The Bertz CT molecular complexity index is 1330. The van der Waals surface area contributed by atoms with Gasteiger partial charge in [-0.05, 0) is 60.7 Å². The van der Waals surface area contributed by atoms with Gasteiger partial charge in [0.2, 0.25) is 0 Å². The van der Waals surface area contributed by atoms with Crippen LogP contribution in [0.25, 0.3) is 22.3 Å². The molecule has 0 spiro atoms. The van der Waals surface area contributed by atoms with Crippen LogP contribution in [0, 0.1) is 5.82 Å². The van der Waals surface area contributed by atoms with Gasteiger partial charge in [0, 0.05) is 22.9 Å². The van der Waals surface area contributed by atoms with Crippen molar-refractivity contribution in [2.45, 2.75) is 0 Å². The number of halogens is 1. The van der Waals surface area contributed by atoms with Gasteiger partial charge in [0.05, 0.1) is 19.6 Å². The van der Waals surface area contributed by atoms with Crippen molar-refractivity contribution in [2.75, 3.05) is 19.5 Å². The summed E-state index contributed by atoms with van der Waals surface area (Å²) >= 11 is 0. The van der Waals surface area contributed by atoms with Crippen LogP contribution in [0.4, 0.5) is 10.1 Å². The number of benzene rings is 3. The largest absolute Gasteiger partial charge is 0.493 e. The second kappa shape index (κ2) is 8.31. The fourth-order valence-corrected chi connectivity index (χ4v) is 3.17. The fraction of sp³-hybridized carbons (Fsp3) is 0.0833. The van der Waals surface area contributed by atoms with Crippen molar-refractivity contribution in [3.63, 3.8) is 0 Å². The summed E-state index contributed by atoms with van der Waals surface area (Å²) in [6.45, 7) is 0. The van der Waals surface area contributed by atoms with Crippen molar-refractivity contribution < 1.29 is 23.1 Å². The monoisotopic (exact) mass is 419 g/mol. The highest BCUT2D eigenvalue weighted by Gasteiger charge is 2.13. The Kier molecular flexibility index (Phi) is 5.41. The van der Waals surface area contributed by atoms with E-state index < -0.39 is 0 Å². The first-order chi connectivity index (χ1) is 15.0. The van der Waals surface area contributed by atoms with Crippen molar-refractivity contribution in [3.8, 4) is 22.8 Å². The first-order valence-electron chi connectivity index (χ1n) is 9.36. The lowest BCUT2D eigenvalue weighted by atomic mass is 10.1. The number of carbonyl (C=O) groups excluding carboxylic acids is 1. The topological polar surface area (TPSA) is 77.8 Å². The molecule has 31 heavy (non-hydrogen) atoms. The number of ether oxygens (including phenoxy) is 2. The van der Waals surface area contributed by atoms with Gasteiger partial charge in [-0.2, -0.15) is 0 Å². The second-order valence-electron chi connectivity index (χ2n) is 6.72. The molecule has 1 N–H and O–H groups in total. The molecule has 6 nitrogen and oxygen atoms in total. The van der Waals surface area contributed by atoms with E-state index >= 15 is 0 Å². The molecule has 4 rings (SSSR count). The number of anilines is 1. The lowest BCUT2D eigenvalue weighted by molar-refractivity contribution is 0.102. The highest BCUT2D eigenvalue weighted by molar-refractivity contribution is 6.05. The van der Waals surface area contributed by atoms with Gasteiger partial charge in [-0.1, -0.05) is 0 Å². The smallest absolute Gasteiger partial charge is 0.255 e. The van der Waals surface area contributed by atoms with Crippen molar-refractivity contribution >= 4 is 22.6 Å². The summed E-state index contributed by atoms with van der Waals surface area (Å²) in [6, 6.07) is 16.6. The maximum Gasteiger partial charge on any atom is 0.255 e. The molecule has 1 heterocycles. The highest BCUT2D eigenvalue weighted by atomic mass is 19.1.